The Bertz CT molecular complexity index is 145. The Morgan fingerprint density at radius 1 is 1.42 bits per heavy atom. The molecule has 0 saturated heterocycles. The second-order valence-corrected chi connectivity index (χ2v) is 3.17. The summed E-state index contributed by atoms with van der Waals surface area (Å²) in [7, 11) is 0. The van der Waals surface area contributed by atoms with Crippen molar-refractivity contribution in [1.82, 2.24) is 4.90 Å². The lowest BCUT2D eigenvalue weighted by Crippen LogP contribution is -2.46. The molecule has 2 N–H and O–H groups in total. The fourth-order valence-corrected chi connectivity index (χ4v) is 1.17. The zero-order valence-electron chi connectivity index (χ0n) is 8.50. The second kappa shape index (κ2) is 5.14. The van der Waals surface area contributed by atoms with Gasteiger partial charge in [-0.3, -0.25) is 4.79 Å². The molecular weight excluding hydrogens is 152 g/mol. The van der Waals surface area contributed by atoms with Gasteiger partial charge in [-0.1, -0.05) is 6.92 Å². The van der Waals surface area contributed by atoms with Gasteiger partial charge in [0.15, 0.2) is 0 Å². The van der Waals surface area contributed by atoms with Crippen molar-refractivity contribution in [2.75, 3.05) is 6.54 Å². The molecule has 0 heterocycles. The van der Waals surface area contributed by atoms with Gasteiger partial charge in [0, 0.05) is 12.6 Å². The number of rotatable bonds is 4. The Morgan fingerprint density at radius 3 is 2.17 bits per heavy atom. The van der Waals surface area contributed by atoms with E-state index in [9.17, 15) is 4.79 Å². The average molecular weight is 172 g/mol. The molecule has 0 fully saturated rings. The Labute approximate surface area is 74.9 Å². The molecule has 12 heavy (non-hydrogen) atoms. The van der Waals surface area contributed by atoms with Crippen LogP contribution in [0.3, 0.4) is 0 Å². The van der Waals surface area contributed by atoms with Crippen molar-refractivity contribution in [2.24, 2.45) is 5.73 Å². The highest BCUT2D eigenvalue weighted by Gasteiger charge is 2.19. The standard InChI is InChI=1S/C9H20N2O/c1-5-7(3)11(6-2)9(12)8(4)10/h7-8H,5-6,10H2,1-4H3. The lowest BCUT2D eigenvalue weighted by Gasteiger charge is -2.28. The molecule has 0 bridgehead atoms. The van der Waals surface area contributed by atoms with Crippen LogP contribution in [0, 0.1) is 0 Å². The Balaban J connectivity index is 4.24. The monoisotopic (exact) mass is 172 g/mol. The van der Waals surface area contributed by atoms with Crippen LogP contribution >= 0.6 is 0 Å². The van der Waals surface area contributed by atoms with Crippen molar-refractivity contribution < 1.29 is 4.79 Å². The molecule has 3 nitrogen and oxygen atoms in total. The Morgan fingerprint density at radius 2 is 1.92 bits per heavy atom. The predicted molar refractivity (Wildman–Crippen MR) is 50.8 cm³/mol. The van der Waals surface area contributed by atoms with E-state index in [-0.39, 0.29) is 11.9 Å². The predicted octanol–water partition coefficient (Wildman–Crippen LogP) is 0.981. The van der Waals surface area contributed by atoms with Crippen molar-refractivity contribution in [3.05, 3.63) is 0 Å². The molecule has 0 radical (unpaired) electrons. The Hall–Kier alpha value is -0.570. The minimum Gasteiger partial charge on any atom is -0.339 e. The first-order valence-electron chi connectivity index (χ1n) is 4.60. The van der Waals surface area contributed by atoms with E-state index in [4.69, 9.17) is 5.73 Å². The third kappa shape index (κ3) is 2.81. The van der Waals surface area contributed by atoms with Gasteiger partial charge in [0.05, 0.1) is 6.04 Å². The van der Waals surface area contributed by atoms with Crippen molar-refractivity contribution >= 4 is 5.91 Å². The van der Waals surface area contributed by atoms with E-state index < -0.39 is 0 Å². The average Bonchev–Trinajstić information content (AvgIpc) is 2.05. The number of nitrogens with zero attached hydrogens (tertiary/aromatic N) is 1. The summed E-state index contributed by atoms with van der Waals surface area (Å²) < 4.78 is 0. The third-order valence-electron chi connectivity index (χ3n) is 2.14. The minimum atomic E-state index is -0.376. The minimum absolute atomic E-state index is 0.0480. The van der Waals surface area contributed by atoms with Gasteiger partial charge >= 0.3 is 0 Å². The Kier molecular flexibility index (Phi) is 4.90. The number of hydrogen-bond acceptors (Lipinski definition) is 2. The molecule has 0 aromatic rings. The van der Waals surface area contributed by atoms with Crippen LogP contribution in [-0.4, -0.2) is 29.4 Å². The van der Waals surface area contributed by atoms with E-state index in [1.54, 1.807) is 6.92 Å². The summed E-state index contributed by atoms with van der Waals surface area (Å²) in [5.74, 6) is 0.0480. The number of amides is 1. The molecule has 0 aliphatic heterocycles. The fourth-order valence-electron chi connectivity index (χ4n) is 1.17. The summed E-state index contributed by atoms with van der Waals surface area (Å²) in [5, 5.41) is 0. The number of nitrogens with two attached hydrogens (primary N) is 1. The molecular formula is C9H20N2O. The highest BCUT2D eigenvalue weighted by Crippen LogP contribution is 2.04. The van der Waals surface area contributed by atoms with Crippen LogP contribution < -0.4 is 5.73 Å². The van der Waals surface area contributed by atoms with Gasteiger partial charge in [0.1, 0.15) is 0 Å². The molecule has 0 aromatic heterocycles. The van der Waals surface area contributed by atoms with Gasteiger partial charge in [-0.2, -0.15) is 0 Å². The van der Waals surface area contributed by atoms with Gasteiger partial charge < -0.3 is 10.6 Å². The molecule has 72 valence electrons. The van der Waals surface area contributed by atoms with Crippen molar-refractivity contribution in [2.45, 2.75) is 46.2 Å². The van der Waals surface area contributed by atoms with Gasteiger partial charge in [-0.05, 0) is 27.2 Å². The molecule has 1 amide bonds. The van der Waals surface area contributed by atoms with Gasteiger partial charge in [0.25, 0.3) is 0 Å². The number of carbonyl (C=O) groups is 1. The van der Waals surface area contributed by atoms with Gasteiger partial charge in [-0.15, -0.1) is 0 Å². The lowest BCUT2D eigenvalue weighted by atomic mass is 10.2. The quantitative estimate of drug-likeness (QED) is 0.687. The van der Waals surface area contributed by atoms with Crippen molar-refractivity contribution in [3.63, 3.8) is 0 Å². The van der Waals surface area contributed by atoms with Crippen LogP contribution in [0.25, 0.3) is 0 Å². The third-order valence-corrected chi connectivity index (χ3v) is 2.14. The SMILES string of the molecule is CCC(C)N(CC)C(=O)C(C)N. The highest BCUT2D eigenvalue weighted by atomic mass is 16.2. The van der Waals surface area contributed by atoms with E-state index >= 15 is 0 Å². The first kappa shape index (κ1) is 11.4. The molecule has 0 saturated carbocycles. The molecule has 0 aliphatic carbocycles. The fraction of sp³-hybridized carbons (Fsp3) is 0.889. The number of carbonyl (C=O) groups excluding carboxylic acids is 1. The largest absolute Gasteiger partial charge is 0.339 e. The molecule has 0 aliphatic rings. The zero-order valence-corrected chi connectivity index (χ0v) is 8.50. The summed E-state index contributed by atoms with van der Waals surface area (Å²) in [4.78, 5) is 13.3. The maximum absolute atomic E-state index is 11.5. The number of likely N-dealkylation sites (N-methyl/N-ethyl adjacent to an activating group) is 1. The van der Waals surface area contributed by atoms with E-state index in [1.807, 2.05) is 18.7 Å². The van der Waals surface area contributed by atoms with Crippen molar-refractivity contribution in [3.8, 4) is 0 Å². The normalized spacial score (nSPS) is 15.4. The summed E-state index contributed by atoms with van der Waals surface area (Å²) in [6, 6.07) is -0.0764. The summed E-state index contributed by atoms with van der Waals surface area (Å²) in [6.45, 7) is 8.57. The summed E-state index contributed by atoms with van der Waals surface area (Å²) in [5.41, 5.74) is 5.51. The number of hydrogen-bond donors (Lipinski definition) is 1. The molecule has 3 heteroatoms. The van der Waals surface area contributed by atoms with Crippen LogP contribution in [-0.2, 0) is 4.79 Å². The van der Waals surface area contributed by atoms with Crippen LogP contribution in [0.5, 0.6) is 0 Å². The van der Waals surface area contributed by atoms with Gasteiger partial charge in [-0.25, -0.2) is 0 Å². The smallest absolute Gasteiger partial charge is 0.239 e. The molecule has 0 rings (SSSR count). The van der Waals surface area contributed by atoms with Crippen LogP contribution in [0.2, 0.25) is 0 Å². The van der Waals surface area contributed by atoms with Crippen molar-refractivity contribution in [1.29, 1.82) is 0 Å². The second-order valence-electron chi connectivity index (χ2n) is 3.17. The zero-order chi connectivity index (χ0) is 9.72. The van der Waals surface area contributed by atoms with E-state index in [1.165, 1.54) is 0 Å². The van der Waals surface area contributed by atoms with E-state index in [0.717, 1.165) is 13.0 Å². The first-order valence-corrected chi connectivity index (χ1v) is 4.60. The molecule has 2 atom stereocenters. The van der Waals surface area contributed by atoms with E-state index in [2.05, 4.69) is 6.92 Å². The van der Waals surface area contributed by atoms with Crippen LogP contribution in [0.15, 0.2) is 0 Å². The summed E-state index contributed by atoms with van der Waals surface area (Å²) in [6.07, 6.45) is 0.978. The lowest BCUT2D eigenvalue weighted by molar-refractivity contribution is -0.134. The maximum atomic E-state index is 11.5. The van der Waals surface area contributed by atoms with Crippen LogP contribution in [0.4, 0.5) is 0 Å². The van der Waals surface area contributed by atoms with Crippen LogP contribution in [0.1, 0.15) is 34.1 Å². The first-order chi connectivity index (χ1) is 5.54. The summed E-state index contributed by atoms with van der Waals surface area (Å²) >= 11 is 0. The molecule has 0 spiro atoms. The topological polar surface area (TPSA) is 46.3 Å². The molecule has 2 unspecified atom stereocenters. The van der Waals surface area contributed by atoms with E-state index in [0.29, 0.717) is 6.04 Å². The van der Waals surface area contributed by atoms with Gasteiger partial charge in [0.2, 0.25) is 5.91 Å². The molecule has 0 aromatic carbocycles. The maximum Gasteiger partial charge on any atom is 0.239 e. The highest BCUT2D eigenvalue weighted by molar-refractivity contribution is 5.81.